The fourth-order valence-electron chi connectivity index (χ4n) is 1.84. The minimum atomic E-state index is 0.722. The van der Waals surface area contributed by atoms with E-state index in [1.807, 2.05) is 34.5 Å². The average Bonchev–Trinajstić information content (AvgIpc) is 2.67. The lowest BCUT2D eigenvalue weighted by Gasteiger charge is -2.01. The Morgan fingerprint density at radius 1 is 1.53 bits per heavy atom. The van der Waals surface area contributed by atoms with Crippen molar-refractivity contribution in [2.45, 2.75) is 12.8 Å². The number of anilines is 1. The number of pyridine rings is 1. The van der Waals surface area contributed by atoms with E-state index >= 15 is 0 Å². The van der Waals surface area contributed by atoms with Crippen LogP contribution in [0.2, 0.25) is 0 Å². The molecule has 0 aromatic carbocycles. The minimum Gasteiger partial charge on any atom is -0.493 e. The second-order valence-corrected chi connectivity index (χ2v) is 4.80. The zero-order valence-corrected chi connectivity index (χ0v) is 11.0. The van der Waals surface area contributed by atoms with E-state index in [1.54, 1.807) is 7.11 Å². The third kappa shape index (κ3) is 2.34. The summed E-state index contributed by atoms with van der Waals surface area (Å²) in [5, 5.41) is 0. The van der Waals surface area contributed by atoms with Gasteiger partial charge >= 0.3 is 0 Å². The van der Waals surface area contributed by atoms with Crippen LogP contribution in [0.4, 0.5) is 5.82 Å². The van der Waals surface area contributed by atoms with Crippen LogP contribution in [0.25, 0.3) is 5.65 Å². The number of imidazole rings is 1. The largest absolute Gasteiger partial charge is 0.493 e. The topological polar surface area (TPSA) is 52.5 Å². The Bertz CT molecular complexity index is 510. The van der Waals surface area contributed by atoms with Crippen molar-refractivity contribution in [3.63, 3.8) is 0 Å². The number of rotatable bonds is 5. The Morgan fingerprint density at radius 3 is 3.06 bits per heavy atom. The van der Waals surface area contributed by atoms with Gasteiger partial charge in [0.15, 0.2) is 11.4 Å². The van der Waals surface area contributed by atoms with Crippen molar-refractivity contribution in [3.8, 4) is 5.75 Å². The van der Waals surface area contributed by atoms with Gasteiger partial charge in [-0.15, -0.1) is 0 Å². The molecule has 0 aliphatic rings. The fourth-order valence-corrected chi connectivity index (χ4v) is 2.27. The molecule has 92 valence electrons. The lowest BCUT2D eigenvalue weighted by molar-refractivity contribution is 0.417. The minimum absolute atomic E-state index is 0.722. The number of thioether (sulfide) groups is 1. The van der Waals surface area contributed by atoms with E-state index in [0.717, 1.165) is 41.5 Å². The molecule has 17 heavy (non-hydrogen) atoms. The van der Waals surface area contributed by atoms with Gasteiger partial charge in [0, 0.05) is 6.20 Å². The molecule has 0 fully saturated rings. The third-order valence-corrected chi connectivity index (χ3v) is 3.41. The average molecular weight is 251 g/mol. The molecule has 0 aliphatic heterocycles. The Morgan fingerprint density at radius 2 is 2.35 bits per heavy atom. The summed E-state index contributed by atoms with van der Waals surface area (Å²) in [5.74, 6) is 2.61. The van der Waals surface area contributed by atoms with Crippen LogP contribution < -0.4 is 10.5 Å². The van der Waals surface area contributed by atoms with Gasteiger partial charge in [-0.05, 0) is 37.0 Å². The van der Waals surface area contributed by atoms with Crippen molar-refractivity contribution >= 4 is 23.2 Å². The molecule has 2 aromatic heterocycles. The number of hydrogen-bond donors (Lipinski definition) is 1. The molecule has 0 saturated heterocycles. The normalized spacial score (nSPS) is 10.9. The molecule has 0 unspecified atom stereocenters. The molecule has 0 saturated carbocycles. The summed E-state index contributed by atoms with van der Waals surface area (Å²) < 4.78 is 7.16. The van der Waals surface area contributed by atoms with Gasteiger partial charge in [-0.3, -0.25) is 4.40 Å². The van der Waals surface area contributed by atoms with Crippen molar-refractivity contribution in [1.29, 1.82) is 0 Å². The Labute approximate surface area is 105 Å². The molecule has 2 rings (SSSR count). The van der Waals surface area contributed by atoms with Gasteiger partial charge in [0.25, 0.3) is 0 Å². The SMILES string of the molecule is COc1cccn2c(N)c(CCCSC)nc12. The van der Waals surface area contributed by atoms with Crippen LogP contribution in [-0.4, -0.2) is 28.5 Å². The number of hydrogen-bond acceptors (Lipinski definition) is 4. The summed E-state index contributed by atoms with van der Waals surface area (Å²) in [5.41, 5.74) is 7.84. The summed E-state index contributed by atoms with van der Waals surface area (Å²) in [6.45, 7) is 0. The standard InChI is InChI=1S/C12H17N3OS/c1-16-10-6-3-7-15-11(13)9(14-12(10)15)5-4-8-17-2/h3,6-7H,4-5,8,13H2,1-2H3. The van der Waals surface area contributed by atoms with E-state index in [9.17, 15) is 0 Å². The van der Waals surface area contributed by atoms with Crippen LogP contribution in [0.15, 0.2) is 18.3 Å². The van der Waals surface area contributed by atoms with Crippen molar-refractivity contribution in [3.05, 3.63) is 24.0 Å². The highest BCUT2D eigenvalue weighted by molar-refractivity contribution is 7.98. The Kier molecular flexibility index (Phi) is 3.78. The molecule has 2 aromatic rings. The Hall–Kier alpha value is -1.36. The maximum absolute atomic E-state index is 6.08. The lowest BCUT2D eigenvalue weighted by atomic mass is 10.2. The van der Waals surface area contributed by atoms with Crippen molar-refractivity contribution in [2.75, 3.05) is 24.9 Å². The van der Waals surface area contributed by atoms with E-state index in [2.05, 4.69) is 11.2 Å². The molecule has 0 atom stereocenters. The second-order valence-electron chi connectivity index (χ2n) is 3.81. The van der Waals surface area contributed by atoms with Gasteiger partial charge in [0.2, 0.25) is 0 Å². The van der Waals surface area contributed by atoms with Gasteiger partial charge in [-0.2, -0.15) is 11.8 Å². The quantitative estimate of drug-likeness (QED) is 0.828. The predicted octanol–water partition coefficient (Wildman–Crippen LogP) is 2.22. The first-order valence-corrected chi connectivity index (χ1v) is 6.95. The number of nitrogens with zero attached hydrogens (tertiary/aromatic N) is 2. The maximum atomic E-state index is 6.08. The summed E-state index contributed by atoms with van der Waals surface area (Å²) in [6.07, 6.45) is 6.03. The molecule has 4 nitrogen and oxygen atoms in total. The second kappa shape index (κ2) is 5.31. The molecule has 2 N–H and O–H groups in total. The summed E-state index contributed by atoms with van der Waals surface area (Å²) in [7, 11) is 1.65. The number of aryl methyl sites for hydroxylation is 1. The highest BCUT2D eigenvalue weighted by Crippen LogP contribution is 2.24. The summed E-state index contributed by atoms with van der Waals surface area (Å²) >= 11 is 1.84. The monoisotopic (exact) mass is 251 g/mol. The van der Waals surface area contributed by atoms with Crippen LogP contribution in [0, 0.1) is 0 Å². The van der Waals surface area contributed by atoms with Crippen LogP contribution in [0.5, 0.6) is 5.75 Å². The van der Waals surface area contributed by atoms with Gasteiger partial charge in [0.05, 0.1) is 12.8 Å². The predicted molar refractivity (Wildman–Crippen MR) is 72.9 cm³/mol. The van der Waals surface area contributed by atoms with Gasteiger partial charge in [-0.1, -0.05) is 0 Å². The molecule has 5 heteroatoms. The molecule has 0 amide bonds. The number of fused-ring (bicyclic) bond motifs is 1. The highest BCUT2D eigenvalue weighted by atomic mass is 32.2. The van der Waals surface area contributed by atoms with E-state index in [-0.39, 0.29) is 0 Å². The van der Waals surface area contributed by atoms with E-state index in [4.69, 9.17) is 10.5 Å². The van der Waals surface area contributed by atoms with Crippen LogP contribution in [-0.2, 0) is 6.42 Å². The fraction of sp³-hybridized carbons (Fsp3) is 0.417. The van der Waals surface area contributed by atoms with E-state index in [0.29, 0.717) is 0 Å². The third-order valence-electron chi connectivity index (χ3n) is 2.71. The molecule has 0 aliphatic carbocycles. The summed E-state index contributed by atoms with van der Waals surface area (Å²) in [6, 6.07) is 3.81. The van der Waals surface area contributed by atoms with Crippen molar-refractivity contribution < 1.29 is 4.74 Å². The Balaban J connectivity index is 2.35. The van der Waals surface area contributed by atoms with Crippen LogP contribution in [0.3, 0.4) is 0 Å². The zero-order chi connectivity index (χ0) is 12.3. The molecule has 0 bridgehead atoms. The molecule has 0 spiro atoms. The van der Waals surface area contributed by atoms with Crippen molar-refractivity contribution in [1.82, 2.24) is 9.38 Å². The number of nitrogens with two attached hydrogens (primary N) is 1. The maximum Gasteiger partial charge on any atom is 0.181 e. The number of methoxy groups -OCH3 is 1. The van der Waals surface area contributed by atoms with Crippen LogP contribution >= 0.6 is 11.8 Å². The van der Waals surface area contributed by atoms with Gasteiger partial charge in [0.1, 0.15) is 5.82 Å². The first-order valence-electron chi connectivity index (χ1n) is 5.56. The van der Waals surface area contributed by atoms with E-state index < -0.39 is 0 Å². The number of nitrogen functional groups attached to an aromatic ring is 1. The van der Waals surface area contributed by atoms with Crippen molar-refractivity contribution in [2.24, 2.45) is 0 Å². The lowest BCUT2D eigenvalue weighted by Crippen LogP contribution is -1.97. The first kappa shape index (κ1) is 12.1. The van der Waals surface area contributed by atoms with Gasteiger partial charge < -0.3 is 10.5 Å². The van der Waals surface area contributed by atoms with E-state index in [1.165, 1.54) is 0 Å². The number of aromatic nitrogens is 2. The molecular weight excluding hydrogens is 234 g/mol. The first-order chi connectivity index (χ1) is 8.27. The summed E-state index contributed by atoms with van der Waals surface area (Å²) in [4.78, 5) is 4.56. The number of ether oxygens (including phenoxy) is 1. The zero-order valence-electron chi connectivity index (χ0n) is 10.1. The van der Waals surface area contributed by atoms with Crippen LogP contribution in [0.1, 0.15) is 12.1 Å². The molecular formula is C12H17N3OS. The van der Waals surface area contributed by atoms with Gasteiger partial charge in [-0.25, -0.2) is 4.98 Å². The molecule has 0 radical (unpaired) electrons. The smallest absolute Gasteiger partial charge is 0.181 e. The highest BCUT2D eigenvalue weighted by Gasteiger charge is 2.11. The molecule has 2 heterocycles.